The number of rotatable bonds is 10. The van der Waals surface area contributed by atoms with Crippen molar-refractivity contribution in [1.82, 2.24) is 0 Å². The summed E-state index contributed by atoms with van der Waals surface area (Å²) in [5, 5.41) is 0. The van der Waals surface area contributed by atoms with Gasteiger partial charge in [-0.15, -0.1) is 0 Å². The zero-order valence-electron chi connectivity index (χ0n) is 12.6. The highest BCUT2D eigenvalue weighted by molar-refractivity contribution is 5.82. The van der Waals surface area contributed by atoms with Gasteiger partial charge < -0.3 is 4.74 Å². The Morgan fingerprint density at radius 2 is 1.67 bits per heavy atom. The molecule has 1 atom stereocenters. The minimum atomic E-state index is -0.179. The van der Waals surface area contributed by atoms with Crippen molar-refractivity contribution in [3.63, 3.8) is 0 Å². The zero-order valence-corrected chi connectivity index (χ0v) is 12.6. The molecule has 0 aliphatic heterocycles. The summed E-state index contributed by atoms with van der Waals surface area (Å²) in [6.45, 7) is 8.47. The van der Waals surface area contributed by atoms with Gasteiger partial charge in [0.05, 0.1) is 0 Å². The molecule has 0 aromatic rings. The Hall–Kier alpha value is -0.790. The molecule has 0 saturated carbocycles. The second-order valence-corrected chi connectivity index (χ2v) is 5.30. The molecule has 0 spiro atoms. The van der Waals surface area contributed by atoms with Crippen molar-refractivity contribution >= 4 is 5.97 Å². The summed E-state index contributed by atoms with van der Waals surface area (Å²) in [6, 6.07) is 0. The summed E-state index contributed by atoms with van der Waals surface area (Å²) in [6.07, 6.45) is 11.5. The monoisotopic (exact) mass is 254 g/mol. The molecule has 0 heterocycles. The molecule has 0 amide bonds. The second-order valence-electron chi connectivity index (χ2n) is 5.30. The number of allylic oxidation sites excluding steroid dienone is 1. The summed E-state index contributed by atoms with van der Waals surface area (Å²) in [7, 11) is 0. The van der Waals surface area contributed by atoms with Crippen LogP contribution in [-0.2, 0) is 9.53 Å². The molecular weight excluding hydrogens is 224 g/mol. The van der Waals surface area contributed by atoms with Crippen molar-refractivity contribution in [2.75, 3.05) is 0 Å². The quantitative estimate of drug-likeness (QED) is 0.315. The van der Waals surface area contributed by atoms with E-state index in [2.05, 4.69) is 27.7 Å². The average Bonchev–Trinajstić information content (AvgIpc) is 2.33. The largest absolute Gasteiger partial charge is 0.459 e. The first-order valence-corrected chi connectivity index (χ1v) is 7.48. The predicted molar refractivity (Wildman–Crippen MR) is 77.5 cm³/mol. The van der Waals surface area contributed by atoms with Gasteiger partial charge in [0, 0.05) is 6.08 Å². The van der Waals surface area contributed by atoms with E-state index >= 15 is 0 Å². The number of hydrogen-bond acceptors (Lipinski definition) is 2. The Balaban J connectivity index is 4.07. The van der Waals surface area contributed by atoms with Crippen molar-refractivity contribution in [3.8, 4) is 0 Å². The van der Waals surface area contributed by atoms with Gasteiger partial charge in [0.25, 0.3) is 0 Å². The Labute approximate surface area is 113 Å². The molecule has 0 aliphatic rings. The predicted octanol–water partition coefficient (Wildman–Crippen LogP) is 4.88. The van der Waals surface area contributed by atoms with Crippen LogP contribution in [0.3, 0.4) is 0 Å². The van der Waals surface area contributed by atoms with Gasteiger partial charge in [0.1, 0.15) is 6.10 Å². The van der Waals surface area contributed by atoms with Gasteiger partial charge in [0.2, 0.25) is 0 Å². The van der Waals surface area contributed by atoms with E-state index in [1.165, 1.54) is 12.8 Å². The number of carbonyl (C=O) groups excluding carboxylic acids is 1. The summed E-state index contributed by atoms with van der Waals surface area (Å²) in [5.74, 6) is 0.216. The van der Waals surface area contributed by atoms with Gasteiger partial charge in [-0.1, -0.05) is 59.5 Å². The van der Waals surface area contributed by atoms with Crippen LogP contribution >= 0.6 is 0 Å². The van der Waals surface area contributed by atoms with Gasteiger partial charge in [-0.05, 0) is 25.2 Å². The fourth-order valence-electron chi connectivity index (χ4n) is 1.79. The van der Waals surface area contributed by atoms with Gasteiger partial charge >= 0.3 is 5.97 Å². The second kappa shape index (κ2) is 11.3. The molecule has 0 aliphatic carbocycles. The standard InChI is InChI=1S/C16H30O2/c1-5-7-9-11-15(10-8-6-2)18-16(17)13-12-14(3)4/h12-15H,5-11H2,1-4H3/b13-12-. The summed E-state index contributed by atoms with van der Waals surface area (Å²) in [4.78, 5) is 11.6. The minimum Gasteiger partial charge on any atom is -0.459 e. The van der Waals surface area contributed by atoms with E-state index in [-0.39, 0.29) is 12.1 Å². The average molecular weight is 254 g/mol. The molecule has 0 radical (unpaired) electrons. The maximum absolute atomic E-state index is 11.6. The fourth-order valence-corrected chi connectivity index (χ4v) is 1.79. The van der Waals surface area contributed by atoms with Crippen molar-refractivity contribution in [2.45, 2.75) is 78.7 Å². The third-order valence-corrected chi connectivity index (χ3v) is 2.91. The number of carbonyl (C=O) groups is 1. The molecular formula is C16H30O2. The van der Waals surface area contributed by atoms with Crippen molar-refractivity contribution in [3.05, 3.63) is 12.2 Å². The minimum absolute atomic E-state index is 0.112. The molecule has 106 valence electrons. The zero-order chi connectivity index (χ0) is 13.8. The molecule has 2 heteroatoms. The van der Waals surface area contributed by atoms with Crippen LogP contribution in [0, 0.1) is 5.92 Å². The third-order valence-electron chi connectivity index (χ3n) is 2.91. The van der Waals surface area contributed by atoms with Gasteiger partial charge in [-0.3, -0.25) is 0 Å². The normalized spacial score (nSPS) is 13.2. The van der Waals surface area contributed by atoms with Crippen molar-refractivity contribution in [1.29, 1.82) is 0 Å². The smallest absolute Gasteiger partial charge is 0.330 e. The Morgan fingerprint density at radius 3 is 2.22 bits per heavy atom. The van der Waals surface area contributed by atoms with Crippen LogP contribution in [0.4, 0.5) is 0 Å². The highest BCUT2D eigenvalue weighted by atomic mass is 16.5. The third kappa shape index (κ3) is 10.4. The lowest BCUT2D eigenvalue weighted by Gasteiger charge is -2.16. The molecule has 0 bridgehead atoms. The van der Waals surface area contributed by atoms with Crippen LogP contribution < -0.4 is 0 Å². The van der Waals surface area contributed by atoms with E-state index in [0.29, 0.717) is 5.92 Å². The summed E-state index contributed by atoms with van der Waals surface area (Å²) >= 11 is 0. The lowest BCUT2D eigenvalue weighted by molar-refractivity contribution is -0.143. The molecule has 0 fully saturated rings. The van der Waals surface area contributed by atoms with E-state index in [1.807, 2.05) is 6.08 Å². The first-order valence-electron chi connectivity index (χ1n) is 7.48. The van der Waals surface area contributed by atoms with Crippen LogP contribution in [0.5, 0.6) is 0 Å². The molecule has 0 N–H and O–H groups in total. The van der Waals surface area contributed by atoms with Crippen LogP contribution in [0.1, 0.15) is 72.6 Å². The first kappa shape index (κ1) is 17.2. The number of esters is 1. The molecule has 2 nitrogen and oxygen atoms in total. The Bertz CT molecular complexity index is 231. The highest BCUT2D eigenvalue weighted by Gasteiger charge is 2.11. The van der Waals surface area contributed by atoms with Crippen LogP contribution in [0.25, 0.3) is 0 Å². The maximum Gasteiger partial charge on any atom is 0.330 e. The van der Waals surface area contributed by atoms with E-state index in [4.69, 9.17) is 4.74 Å². The van der Waals surface area contributed by atoms with E-state index in [9.17, 15) is 4.79 Å². The van der Waals surface area contributed by atoms with Crippen LogP contribution in [0.2, 0.25) is 0 Å². The van der Waals surface area contributed by atoms with Crippen LogP contribution in [0.15, 0.2) is 12.2 Å². The van der Waals surface area contributed by atoms with Gasteiger partial charge in [-0.25, -0.2) is 4.79 Å². The summed E-state index contributed by atoms with van der Waals surface area (Å²) < 4.78 is 5.52. The number of unbranched alkanes of at least 4 members (excludes halogenated alkanes) is 3. The van der Waals surface area contributed by atoms with Crippen molar-refractivity contribution < 1.29 is 9.53 Å². The molecule has 0 saturated heterocycles. The molecule has 1 unspecified atom stereocenters. The molecule has 0 rings (SSSR count). The Morgan fingerprint density at radius 1 is 1.06 bits per heavy atom. The maximum atomic E-state index is 11.6. The van der Waals surface area contributed by atoms with Gasteiger partial charge in [-0.2, -0.15) is 0 Å². The van der Waals surface area contributed by atoms with Crippen molar-refractivity contribution in [2.24, 2.45) is 5.92 Å². The Kier molecular flexibility index (Phi) is 10.8. The number of ether oxygens (including phenoxy) is 1. The van der Waals surface area contributed by atoms with Gasteiger partial charge in [0.15, 0.2) is 0 Å². The van der Waals surface area contributed by atoms with E-state index in [1.54, 1.807) is 6.08 Å². The lowest BCUT2D eigenvalue weighted by Crippen LogP contribution is -2.17. The topological polar surface area (TPSA) is 26.3 Å². The molecule has 0 aromatic carbocycles. The fraction of sp³-hybridized carbons (Fsp3) is 0.812. The van der Waals surface area contributed by atoms with E-state index in [0.717, 1.165) is 32.1 Å². The highest BCUT2D eigenvalue weighted by Crippen LogP contribution is 2.14. The first-order chi connectivity index (χ1) is 8.60. The lowest BCUT2D eigenvalue weighted by atomic mass is 10.1. The molecule has 0 aromatic heterocycles. The van der Waals surface area contributed by atoms with E-state index < -0.39 is 0 Å². The number of hydrogen-bond donors (Lipinski definition) is 0. The molecule has 18 heavy (non-hydrogen) atoms. The van der Waals surface area contributed by atoms with Crippen LogP contribution in [-0.4, -0.2) is 12.1 Å². The summed E-state index contributed by atoms with van der Waals surface area (Å²) in [5.41, 5.74) is 0. The SMILES string of the molecule is CCCCCC(CCCC)OC(=O)/C=C\C(C)C.